The lowest BCUT2D eigenvalue weighted by Crippen LogP contribution is -1.89. The van der Waals surface area contributed by atoms with Crippen LogP contribution in [0.4, 0.5) is 10.8 Å². The summed E-state index contributed by atoms with van der Waals surface area (Å²) in [5, 5.41) is 18.0. The molecule has 3 aromatic heterocycles. The van der Waals surface area contributed by atoms with Gasteiger partial charge in [-0.05, 0) is 19.1 Å². The van der Waals surface area contributed by atoms with E-state index in [4.69, 9.17) is 4.42 Å². The minimum Gasteiger partial charge on any atom is -0.416 e. The maximum Gasteiger partial charge on any atom is 0.276 e. The first-order chi connectivity index (χ1) is 12.7. The first-order valence-electron chi connectivity index (χ1n) is 7.87. The van der Waals surface area contributed by atoms with Gasteiger partial charge in [-0.2, -0.15) is 0 Å². The molecule has 0 aliphatic carbocycles. The second kappa shape index (κ2) is 7.98. The highest BCUT2D eigenvalue weighted by Gasteiger charge is 2.11. The third kappa shape index (κ3) is 4.48. The number of rotatable bonds is 7. The highest BCUT2D eigenvalue weighted by atomic mass is 32.2. The van der Waals surface area contributed by atoms with E-state index in [9.17, 15) is 0 Å². The molecule has 1 N–H and O–H groups in total. The van der Waals surface area contributed by atoms with Gasteiger partial charge in [-0.25, -0.2) is 9.97 Å². The molecule has 0 fully saturated rings. The van der Waals surface area contributed by atoms with E-state index >= 15 is 0 Å². The van der Waals surface area contributed by atoms with E-state index in [1.807, 2.05) is 48.0 Å². The first kappa shape index (κ1) is 17.2. The lowest BCUT2D eigenvalue weighted by molar-refractivity contribution is 0.419. The van der Waals surface area contributed by atoms with Crippen LogP contribution in [0.25, 0.3) is 0 Å². The lowest BCUT2D eigenvalue weighted by Gasteiger charge is -2.00. The van der Waals surface area contributed by atoms with Gasteiger partial charge >= 0.3 is 0 Å². The molecule has 132 valence electrons. The third-order valence-electron chi connectivity index (χ3n) is 3.37. The van der Waals surface area contributed by atoms with Crippen LogP contribution in [0.5, 0.6) is 0 Å². The Labute approximate surface area is 162 Å². The van der Waals surface area contributed by atoms with Crippen molar-refractivity contribution in [3.05, 3.63) is 63.4 Å². The zero-order valence-corrected chi connectivity index (χ0v) is 16.3. The van der Waals surface area contributed by atoms with Crippen LogP contribution < -0.4 is 5.32 Å². The van der Waals surface area contributed by atoms with Crippen molar-refractivity contribution in [1.29, 1.82) is 0 Å². The second-order valence-electron chi connectivity index (χ2n) is 5.42. The molecule has 26 heavy (non-hydrogen) atoms. The minimum atomic E-state index is 0.553. The van der Waals surface area contributed by atoms with Crippen LogP contribution in [-0.4, -0.2) is 20.2 Å². The molecule has 0 radical (unpaired) electrons. The fourth-order valence-electron chi connectivity index (χ4n) is 2.22. The van der Waals surface area contributed by atoms with Crippen LogP contribution in [0.15, 0.2) is 50.7 Å². The van der Waals surface area contributed by atoms with Crippen molar-refractivity contribution in [3.8, 4) is 0 Å². The summed E-state index contributed by atoms with van der Waals surface area (Å²) < 4.78 is 5.69. The number of thiazole rings is 2. The molecule has 0 aliphatic heterocycles. The van der Waals surface area contributed by atoms with Gasteiger partial charge in [0.25, 0.3) is 5.22 Å². The average Bonchev–Trinajstić information content (AvgIpc) is 3.37. The van der Waals surface area contributed by atoms with Gasteiger partial charge in [0, 0.05) is 22.2 Å². The van der Waals surface area contributed by atoms with Gasteiger partial charge in [-0.3, -0.25) is 0 Å². The van der Waals surface area contributed by atoms with E-state index in [-0.39, 0.29) is 0 Å². The number of aromatic nitrogens is 4. The highest BCUT2D eigenvalue weighted by Crippen LogP contribution is 2.26. The van der Waals surface area contributed by atoms with E-state index in [1.54, 1.807) is 22.7 Å². The van der Waals surface area contributed by atoms with Crippen molar-refractivity contribution in [1.82, 2.24) is 20.2 Å². The Balaban J connectivity index is 1.32. The zero-order chi connectivity index (χ0) is 17.8. The standard InChI is InChI=1S/C17H15N5OS3/c1-11-18-13(8-24-11)7-15-21-22-17(23-15)26-10-14-9-25-16(20-14)19-12-5-3-2-4-6-12/h2-6,8-9H,7,10H2,1H3,(H,19,20). The Bertz CT molecular complexity index is 979. The lowest BCUT2D eigenvalue weighted by atomic mass is 10.3. The van der Waals surface area contributed by atoms with E-state index in [1.165, 1.54) is 11.8 Å². The molecule has 0 spiro atoms. The molecule has 0 saturated heterocycles. The number of hydrogen-bond donors (Lipinski definition) is 1. The Morgan fingerprint density at radius 2 is 1.88 bits per heavy atom. The Morgan fingerprint density at radius 1 is 1.04 bits per heavy atom. The number of aryl methyl sites for hydroxylation is 1. The summed E-state index contributed by atoms with van der Waals surface area (Å²) >= 11 is 4.69. The molecule has 0 amide bonds. The minimum absolute atomic E-state index is 0.553. The van der Waals surface area contributed by atoms with Crippen LogP contribution >= 0.6 is 34.4 Å². The fourth-order valence-corrected chi connectivity index (χ4v) is 4.35. The number of para-hydroxylation sites is 1. The van der Waals surface area contributed by atoms with Crippen LogP contribution in [-0.2, 0) is 12.2 Å². The van der Waals surface area contributed by atoms with Crippen molar-refractivity contribution in [2.24, 2.45) is 0 Å². The summed E-state index contributed by atoms with van der Waals surface area (Å²) in [5.41, 5.74) is 2.97. The van der Waals surface area contributed by atoms with E-state index in [0.29, 0.717) is 23.3 Å². The number of nitrogens with one attached hydrogen (secondary N) is 1. The van der Waals surface area contributed by atoms with Crippen LogP contribution in [0.2, 0.25) is 0 Å². The molecule has 4 aromatic rings. The summed E-state index contributed by atoms with van der Waals surface area (Å²) in [6.07, 6.45) is 0.569. The van der Waals surface area contributed by atoms with Crippen molar-refractivity contribution in [2.75, 3.05) is 5.32 Å². The van der Waals surface area contributed by atoms with Crippen LogP contribution in [0.1, 0.15) is 22.3 Å². The molecule has 3 heterocycles. The van der Waals surface area contributed by atoms with E-state index in [2.05, 4.69) is 25.5 Å². The fraction of sp³-hybridized carbons (Fsp3) is 0.176. The molecule has 9 heteroatoms. The molecule has 4 rings (SSSR count). The molecular weight excluding hydrogens is 386 g/mol. The average molecular weight is 402 g/mol. The van der Waals surface area contributed by atoms with Gasteiger partial charge in [0.15, 0.2) is 5.13 Å². The zero-order valence-electron chi connectivity index (χ0n) is 13.9. The largest absolute Gasteiger partial charge is 0.416 e. The van der Waals surface area contributed by atoms with E-state index in [0.717, 1.165) is 27.2 Å². The van der Waals surface area contributed by atoms with Crippen molar-refractivity contribution in [2.45, 2.75) is 24.3 Å². The maximum atomic E-state index is 5.69. The van der Waals surface area contributed by atoms with E-state index < -0.39 is 0 Å². The summed E-state index contributed by atoms with van der Waals surface area (Å²) in [7, 11) is 0. The van der Waals surface area contributed by atoms with Crippen molar-refractivity contribution in [3.63, 3.8) is 0 Å². The molecule has 6 nitrogen and oxygen atoms in total. The van der Waals surface area contributed by atoms with Gasteiger partial charge in [0.1, 0.15) is 0 Å². The predicted octanol–water partition coefficient (Wildman–Crippen LogP) is 4.92. The Hall–Kier alpha value is -2.23. The molecule has 0 aliphatic rings. The van der Waals surface area contributed by atoms with Gasteiger partial charge < -0.3 is 9.73 Å². The Kier molecular flexibility index (Phi) is 5.28. The quantitative estimate of drug-likeness (QED) is 0.441. The summed E-state index contributed by atoms with van der Waals surface area (Å²) in [5.74, 6) is 1.27. The van der Waals surface area contributed by atoms with Gasteiger partial charge in [-0.1, -0.05) is 30.0 Å². The number of benzene rings is 1. The molecule has 0 atom stereocenters. The van der Waals surface area contributed by atoms with Gasteiger partial charge in [0.05, 0.1) is 22.8 Å². The molecular formula is C17H15N5OS3. The number of anilines is 2. The predicted molar refractivity (Wildman–Crippen MR) is 105 cm³/mol. The highest BCUT2D eigenvalue weighted by molar-refractivity contribution is 7.98. The topological polar surface area (TPSA) is 76.7 Å². The molecule has 0 saturated carbocycles. The number of hydrogen-bond acceptors (Lipinski definition) is 9. The third-order valence-corrected chi connectivity index (χ3v) is 5.85. The van der Waals surface area contributed by atoms with Crippen LogP contribution in [0, 0.1) is 6.92 Å². The number of thioether (sulfide) groups is 1. The smallest absolute Gasteiger partial charge is 0.276 e. The van der Waals surface area contributed by atoms with Gasteiger partial charge in [0.2, 0.25) is 5.89 Å². The molecule has 0 unspecified atom stereocenters. The van der Waals surface area contributed by atoms with Gasteiger partial charge in [-0.15, -0.1) is 32.9 Å². The summed E-state index contributed by atoms with van der Waals surface area (Å²) in [6.45, 7) is 1.98. The first-order valence-corrected chi connectivity index (χ1v) is 10.6. The van der Waals surface area contributed by atoms with Crippen LogP contribution in [0.3, 0.4) is 0 Å². The summed E-state index contributed by atoms with van der Waals surface area (Å²) in [4.78, 5) is 9.00. The number of nitrogens with zero attached hydrogens (tertiary/aromatic N) is 4. The second-order valence-corrected chi connectivity index (χ2v) is 8.27. The van der Waals surface area contributed by atoms with Crippen molar-refractivity contribution >= 4 is 45.3 Å². The summed E-state index contributed by atoms with van der Waals surface area (Å²) in [6, 6.07) is 10.0. The normalized spacial score (nSPS) is 11.0. The Morgan fingerprint density at radius 3 is 2.69 bits per heavy atom. The molecule has 0 bridgehead atoms. The van der Waals surface area contributed by atoms with Crippen molar-refractivity contribution < 1.29 is 4.42 Å². The maximum absolute atomic E-state index is 5.69. The molecule has 1 aromatic carbocycles. The SMILES string of the molecule is Cc1nc(Cc2nnc(SCc3csc(Nc4ccccc4)n3)o2)cs1. The monoisotopic (exact) mass is 401 g/mol.